The van der Waals surface area contributed by atoms with Gasteiger partial charge in [-0.3, -0.25) is 9.78 Å². The number of aromatic nitrogens is 4. The molecule has 0 spiro atoms. The summed E-state index contributed by atoms with van der Waals surface area (Å²) in [5, 5.41) is 4.75. The van der Waals surface area contributed by atoms with E-state index in [0.29, 0.717) is 16.5 Å². The predicted molar refractivity (Wildman–Crippen MR) is 107 cm³/mol. The highest BCUT2D eigenvalue weighted by atomic mass is 79.9. The zero-order valence-corrected chi connectivity index (χ0v) is 17.9. The number of rotatable bonds is 6. The van der Waals surface area contributed by atoms with E-state index in [2.05, 4.69) is 31.0 Å². The maximum atomic E-state index is 12.7. The molecule has 3 aromatic heterocycles. The highest BCUT2D eigenvalue weighted by Gasteiger charge is 2.19. The van der Waals surface area contributed by atoms with Crippen LogP contribution in [0.15, 0.2) is 22.9 Å². The summed E-state index contributed by atoms with van der Waals surface area (Å²) in [6, 6.07) is 1.77. The van der Waals surface area contributed by atoms with E-state index >= 15 is 0 Å². The maximum absolute atomic E-state index is 12.7. The van der Waals surface area contributed by atoms with E-state index in [-0.39, 0.29) is 24.7 Å². The summed E-state index contributed by atoms with van der Waals surface area (Å²) in [6.07, 6.45) is 3.91. The topological polar surface area (TPSA) is 69.4 Å². The number of fused-ring (bicyclic) bond motifs is 1. The second kappa shape index (κ2) is 8.04. The Balaban J connectivity index is 1.85. The van der Waals surface area contributed by atoms with Crippen molar-refractivity contribution in [2.24, 2.45) is 0 Å². The van der Waals surface area contributed by atoms with Crippen LogP contribution in [0.4, 0.5) is 0 Å². The second-order valence-corrected chi connectivity index (χ2v) is 7.69. The van der Waals surface area contributed by atoms with E-state index in [4.69, 9.17) is 16.3 Å². The number of ether oxygens (including phenoxy) is 1. The highest BCUT2D eigenvalue weighted by Crippen LogP contribution is 2.31. The fraction of sp³-hybridized carbons (Fsp3) is 0.368. The first-order valence-electron chi connectivity index (χ1n) is 8.50. The summed E-state index contributed by atoms with van der Waals surface area (Å²) in [4.78, 5) is 21.4. The van der Waals surface area contributed by atoms with Gasteiger partial charge in [-0.05, 0) is 53.9 Å². The van der Waals surface area contributed by atoms with Gasteiger partial charge in [-0.1, -0.05) is 11.6 Å². The van der Waals surface area contributed by atoms with Crippen molar-refractivity contribution in [3.8, 4) is 0 Å². The van der Waals surface area contributed by atoms with E-state index in [1.807, 2.05) is 13.8 Å². The Labute approximate surface area is 171 Å². The fourth-order valence-corrected chi connectivity index (χ4v) is 3.99. The first-order chi connectivity index (χ1) is 12.8. The Morgan fingerprint density at radius 1 is 1.37 bits per heavy atom. The van der Waals surface area contributed by atoms with Crippen LogP contribution in [0.1, 0.15) is 41.2 Å². The number of halogens is 2. The van der Waals surface area contributed by atoms with Gasteiger partial charge >= 0.3 is 0 Å². The first-order valence-corrected chi connectivity index (χ1v) is 9.67. The maximum Gasteiger partial charge on any atom is 0.174 e. The number of hydrogen-bond acceptors (Lipinski definition) is 5. The lowest BCUT2D eigenvalue weighted by Crippen LogP contribution is -2.12. The van der Waals surface area contributed by atoms with E-state index in [1.54, 1.807) is 37.0 Å². The molecule has 0 bridgehead atoms. The lowest BCUT2D eigenvalue weighted by Gasteiger charge is -2.18. The summed E-state index contributed by atoms with van der Waals surface area (Å²) in [5.74, 6) is 0.693. The minimum absolute atomic E-state index is 0.0596. The second-order valence-electron chi connectivity index (χ2n) is 6.49. The summed E-state index contributed by atoms with van der Waals surface area (Å²) in [6.45, 7) is 5.67. The zero-order valence-electron chi connectivity index (χ0n) is 15.6. The Bertz CT molecular complexity index is 1020. The third-order valence-corrected chi connectivity index (χ3v) is 5.69. The number of carbonyl (C=O) groups excluding carboxylic acids is 1. The Morgan fingerprint density at radius 2 is 2.11 bits per heavy atom. The molecule has 3 heterocycles. The Hall–Kier alpha value is -1.83. The van der Waals surface area contributed by atoms with Gasteiger partial charge < -0.3 is 4.74 Å². The molecule has 142 valence electrons. The molecular weight excluding hydrogens is 432 g/mol. The van der Waals surface area contributed by atoms with Crippen LogP contribution in [0.5, 0.6) is 0 Å². The smallest absolute Gasteiger partial charge is 0.174 e. The average molecular weight is 452 g/mol. The minimum atomic E-state index is -0.146. The molecule has 8 heteroatoms. The molecule has 1 unspecified atom stereocenters. The predicted octanol–water partition coefficient (Wildman–Crippen LogP) is 4.22. The van der Waals surface area contributed by atoms with Crippen molar-refractivity contribution in [1.82, 2.24) is 19.6 Å². The van der Waals surface area contributed by atoms with Crippen molar-refractivity contribution < 1.29 is 9.53 Å². The van der Waals surface area contributed by atoms with E-state index in [9.17, 15) is 4.79 Å². The quantitative estimate of drug-likeness (QED) is 0.561. The summed E-state index contributed by atoms with van der Waals surface area (Å²) in [7, 11) is 1.65. The number of aryl methyl sites for hydroxylation is 2. The molecular formula is C19H20BrClN4O2. The number of carbonyl (C=O) groups is 1. The van der Waals surface area contributed by atoms with Crippen molar-refractivity contribution in [3.05, 3.63) is 56.2 Å². The fourth-order valence-electron chi connectivity index (χ4n) is 3.04. The van der Waals surface area contributed by atoms with Gasteiger partial charge in [-0.2, -0.15) is 5.10 Å². The van der Waals surface area contributed by atoms with Gasteiger partial charge in [0.15, 0.2) is 5.65 Å². The van der Waals surface area contributed by atoms with Crippen LogP contribution < -0.4 is 0 Å². The molecule has 0 aromatic carbocycles. The van der Waals surface area contributed by atoms with Gasteiger partial charge in [0.05, 0.1) is 16.8 Å². The van der Waals surface area contributed by atoms with Crippen LogP contribution in [-0.2, 0) is 22.4 Å². The average Bonchev–Trinajstić information content (AvgIpc) is 2.98. The van der Waals surface area contributed by atoms with Crippen molar-refractivity contribution in [3.63, 3.8) is 0 Å². The van der Waals surface area contributed by atoms with Gasteiger partial charge in [-0.25, -0.2) is 9.50 Å². The number of Topliss-reactive ketones (excluding diaryl/α,β-unsaturated/α-hetero) is 1. The van der Waals surface area contributed by atoms with Crippen molar-refractivity contribution in [2.45, 2.75) is 39.7 Å². The van der Waals surface area contributed by atoms with Gasteiger partial charge in [0.1, 0.15) is 11.6 Å². The van der Waals surface area contributed by atoms with Crippen LogP contribution in [0.25, 0.3) is 5.65 Å². The molecule has 0 saturated carbocycles. The summed E-state index contributed by atoms with van der Waals surface area (Å²) < 4.78 is 7.97. The normalized spacial score (nSPS) is 12.5. The molecule has 0 fully saturated rings. The lowest BCUT2D eigenvalue weighted by molar-refractivity contribution is -0.117. The highest BCUT2D eigenvalue weighted by molar-refractivity contribution is 9.10. The number of nitrogens with zero attached hydrogens (tertiary/aromatic N) is 4. The minimum Gasteiger partial charge on any atom is -0.377 e. The largest absolute Gasteiger partial charge is 0.377 e. The molecule has 1 atom stereocenters. The Morgan fingerprint density at radius 3 is 2.81 bits per heavy atom. The first kappa shape index (κ1) is 19.9. The van der Waals surface area contributed by atoms with E-state index in [1.165, 1.54) is 0 Å². The van der Waals surface area contributed by atoms with Crippen LogP contribution in [-0.4, -0.2) is 32.5 Å². The molecule has 3 aromatic rings. The van der Waals surface area contributed by atoms with Gasteiger partial charge in [0, 0.05) is 42.4 Å². The van der Waals surface area contributed by atoms with Crippen LogP contribution in [0.2, 0.25) is 5.02 Å². The van der Waals surface area contributed by atoms with Crippen molar-refractivity contribution in [1.29, 1.82) is 0 Å². The molecule has 6 nitrogen and oxygen atoms in total. The summed E-state index contributed by atoms with van der Waals surface area (Å²) >= 11 is 9.85. The monoisotopic (exact) mass is 450 g/mol. The number of methoxy groups -OCH3 is 1. The van der Waals surface area contributed by atoms with Crippen molar-refractivity contribution in [2.75, 3.05) is 7.11 Å². The number of hydrogen-bond donors (Lipinski definition) is 0. The van der Waals surface area contributed by atoms with Crippen molar-refractivity contribution >= 4 is 39.0 Å². The molecule has 3 rings (SSSR count). The third kappa shape index (κ3) is 4.20. The molecule has 0 radical (unpaired) electrons. The van der Waals surface area contributed by atoms with Crippen LogP contribution in [0.3, 0.4) is 0 Å². The SMILES string of the molecule is COC(C)c1c(CC(=O)Cc2cc(Cl)c3nc(C)nn3c2)cnc(C)c1Br. The third-order valence-electron chi connectivity index (χ3n) is 4.41. The zero-order chi connectivity index (χ0) is 19.7. The van der Waals surface area contributed by atoms with Gasteiger partial charge in [0.25, 0.3) is 0 Å². The molecule has 0 aliphatic heterocycles. The molecule has 0 aliphatic carbocycles. The molecule has 27 heavy (non-hydrogen) atoms. The Kier molecular flexibility index (Phi) is 5.93. The molecule has 0 aliphatic rings. The standard InChI is InChI=1S/C19H20BrClN4O2/c1-10-18(20)17(11(2)27-4)14(8-22-10)7-15(26)5-13-6-16(21)19-23-12(3)24-25(19)9-13/h6,8-9,11H,5,7H2,1-4H3. The number of pyridine rings is 2. The number of ketones is 1. The lowest BCUT2D eigenvalue weighted by atomic mass is 9.98. The van der Waals surface area contributed by atoms with Gasteiger partial charge in [0.2, 0.25) is 0 Å². The van der Waals surface area contributed by atoms with E-state index in [0.717, 1.165) is 26.9 Å². The van der Waals surface area contributed by atoms with Crippen LogP contribution in [0, 0.1) is 13.8 Å². The molecule has 0 N–H and O–H groups in total. The van der Waals surface area contributed by atoms with Crippen LogP contribution >= 0.6 is 27.5 Å². The molecule has 0 amide bonds. The van der Waals surface area contributed by atoms with Gasteiger partial charge in [-0.15, -0.1) is 0 Å². The summed E-state index contributed by atoms with van der Waals surface area (Å²) in [5.41, 5.74) is 4.06. The molecule has 0 saturated heterocycles. The van der Waals surface area contributed by atoms with E-state index < -0.39 is 0 Å².